The lowest BCUT2D eigenvalue weighted by Gasteiger charge is -2.17. The van der Waals surface area contributed by atoms with Gasteiger partial charge in [-0.1, -0.05) is 6.58 Å². The zero-order valence-electron chi connectivity index (χ0n) is 6.10. The van der Waals surface area contributed by atoms with Crippen molar-refractivity contribution in [2.24, 2.45) is 0 Å². The third-order valence-corrected chi connectivity index (χ3v) is 1.67. The molecule has 0 aliphatic carbocycles. The maximum atomic E-state index is 10.7. The van der Waals surface area contributed by atoms with Gasteiger partial charge < -0.3 is 0 Å². The maximum Gasteiger partial charge on any atom is 0.117 e. The molecule has 54 valence electrons. The van der Waals surface area contributed by atoms with Crippen molar-refractivity contribution in [3.8, 4) is 0 Å². The second-order valence-corrected chi connectivity index (χ2v) is 3.95. The maximum absolute atomic E-state index is 10.7. The van der Waals surface area contributed by atoms with E-state index in [2.05, 4.69) is 11.3 Å². The second-order valence-electron chi connectivity index (χ2n) is 2.82. The topological polar surface area (TPSA) is 29.1 Å². The van der Waals surface area contributed by atoms with E-state index in [1.54, 1.807) is 0 Å². The van der Waals surface area contributed by atoms with E-state index < -0.39 is 11.0 Å². The Morgan fingerprint density at radius 3 is 2.11 bits per heavy atom. The van der Waals surface area contributed by atoms with Gasteiger partial charge in [-0.15, -0.1) is 0 Å². The standard InChI is InChI=1S/C6H13NOS/c1-5-9(8)7-6(2,3)4/h5,7H,1H2,2-4H3. The molecule has 1 atom stereocenters. The van der Waals surface area contributed by atoms with Gasteiger partial charge in [-0.2, -0.15) is 0 Å². The molecule has 0 aliphatic heterocycles. The molecule has 3 heteroatoms. The largest absolute Gasteiger partial charge is 0.238 e. The van der Waals surface area contributed by atoms with Gasteiger partial charge in [0.05, 0.1) is 0 Å². The van der Waals surface area contributed by atoms with Crippen LogP contribution in [0.15, 0.2) is 12.0 Å². The Labute approximate surface area is 58.9 Å². The van der Waals surface area contributed by atoms with Crippen LogP contribution < -0.4 is 4.72 Å². The minimum Gasteiger partial charge on any atom is -0.238 e. The van der Waals surface area contributed by atoms with Gasteiger partial charge in [-0.3, -0.25) is 0 Å². The molecule has 0 aromatic carbocycles. The Kier molecular flexibility index (Phi) is 3.08. The van der Waals surface area contributed by atoms with Crippen LogP contribution in [0.2, 0.25) is 0 Å². The lowest BCUT2D eigenvalue weighted by atomic mass is 10.1. The highest BCUT2D eigenvalue weighted by Gasteiger charge is 2.10. The van der Waals surface area contributed by atoms with E-state index in [1.165, 1.54) is 5.41 Å². The monoisotopic (exact) mass is 147 g/mol. The molecule has 0 radical (unpaired) electrons. The lowest BCUT2D eigenvalue weighted by molar-refractivity contribution is 0.522. The van der Waals surface area contributed by atoms with Crippen LogP contribution in [0, 0.1) is 0 Å². The molecule has 0 aliphatic rings. The molecule has 9 heavy (non-hydrogen) atoms. The van der Waals surface area contributed by atoms with E-state index in [-0.39, 0.29) is 5.54 Å². The van der Waals surface area contributed by atoms with Gasteiger partial charge in [0.2, 0.25) is 0 Å². The number of hydrogen-bond acceptors (Lipinski definition) is 1. The van der Waals surface area contributed by atoms with E-state index in [1.807, 2.05) is 20.8 Å². The summed E-state index contributed by atoms with van der Waals surface area (Å²) in [5.41, 5.74) is -0.0982. The summed E-state index contributed by atoms with van der Waals surface area (Å²) in [7, 11) is -1.08. The minimum absolute atomic E-state index is 0.0982. The van der Waals surface area contributed by atoms with Crippen molar-refractivity contribution < 1.29 is 4.21 Å². The van der Waals surface area contributed by atoms with Gasteiger partial charge in [-0.25, -0.2) is 8.93 Å². The van der Waals surface area contributed by atoms with Gasteiger partial charge >= 0.3 is 0 Å². The zero-order chi connectivity index (χ0) is 7.49. The molecule has 0 saturated heterocycles. The van der Waals surface area contributed by atoms with Crippen LogP contribution in [0.3, 0.4) is 0 Å². The van der Waals surface area contributed by atoms with Crippen LogP contribution in [0.25, 0.3) is 0 Å². The molecule has 0 fully saturated rings. The molecule has 1 unspecified atom stereocenters. The van der Waals surface area contributed by atoms with Crippen molar-refractivity contribution in [2.45, 2.75) is 26.3 Å². The molecule has 0 bridgehead atoms. The van der Waals surface area contributed by atoms with Crippen LogP contribution in [0.1, 0.15) is 20.8 Å². The third kappa shape index (κ3) is 5.73. The highest BCUT2D eigenvalue weighted by Crippen LogP contribution is 1.99. The molecule has 0 amide bonds. The molecule has 0 spiro atoms. The summed E-state index contributed by atoms with van der Waals surface area (Å²) in [6.07, 6.45) is 0. The summed E-state index contributed by atoms with van der Waals surface area (Å²) in [5.74, 6) is 0. The van der Waals surface area contributed by atoms with Crippen LogP contribution in [0.4, 0.5) is 0 Å². The zero-order valence-corrected chi connectivity index (χ0v) is 6.92. The Hall–Kier alpha value is -0.150. The summed E-state index contributed by atoms with van der Waals surface area (Å²) < 4.78 is 13.5. The van der Waals surface area contributed by atoms with E-state index in [4.69, 9.17) is 0 Å². The number of nitrogens with one attached hydrogen (secondary N) is 1. The fraction of sp³-hybridized carbons (Fsp3) is 0.667. The first kappa shape index (κ1) is 8.85. The Bertz CT molecular complexity index is 126. The average Bonchev–Trinajstić information content (AvgIpc) is 1.62. The van der Waals surface area contributed by atoms with Gasteiger partial charge in [0.25, 0.3) is 0 Å². The quantitative estimate of drug-likeness (QED) is 0.624. The fourth-order valence-corrected chi connectivity index (χ4v) is 1.03. The predicted octanol–water partition coefficient (Wildman–Crippen LogP) is 1.18. The summed E-state index contributed by atoms with van der Waals surface area (Å²) in [6, 6.07) is 0. The molecule has 0 heterocycles. The summed E-state index contributed by atoms with van der Waals surface area (Å²) in [5, 5.41) is 1.38. The second kappa shape index (κ2) is 3.13. The van der Waals surface area contributed by atoms with E-state index in [0.29, 0.717) is 0 Å². The molecular weight excluding hydrogens is 134 g/mol. The summed E-state index contributed by atoms with van der Waals surface area (Å²) in [6.45, 7) is 9.24. The van der Waals surface area contributed by atoms with Gasteiger partial charge in [0.1, 0.15) is 11.0 Å². The molecule has 0 aromatic heterocycles. The van der Waals surface area contributed by atoms with E-state index in [0.717, 1.165) is 0 Å². The highest BCUT2D eigenvalue weighted by molar-refractivity contribution is 7.86. The van der Waals surface area contributed by atoms with Crippen molar-refractivity contribution in [3.05, 3.63) is 12.0 Å². The Morgan fingerprint density at radius 2 is 2.00 bits per heavy atom. The van der Waals surface area contributed by atoms with Crippen LogP contribution in [-0.4, -0.2) is 9.75 Å². The normalized spacial score (nSPS) is 15.0. The minimum atomic E-state index is -1.08. The molecule has 0 saturated carbocycles. The molecule has 0 aromatic rings. The molecule has 0 rings (SSSR count). The Balaban J connectivity index is 3.74. The molecule has 2 nitrogen and oxygen atoms in total. The van der Waals surface area contributed by atoms with Crippen molar-refractivity contribution in [3.63, 3.8) is 0 Å². The molecular formula is C6H13NOS. The first-order chi connectivity index (χ1) is 3.95. The number of rotatable bonds is 2. The number of hydrogen-bond donors (Lipinski definition) is 1. The van der Waals surface area contributed by atoms with Crippen molar-refractivity contribution in [1.29, 1.82) is 0 Å². The van der Waals surface area contributed by atoms with Crippen LogP contribution in [0.5, 0.6) is 0 Å². The summed E-state index contributed by atoms with van der Waals surface area (Å²) in [4.78, 5) is 0. The SMILES string of the molecule is C=CS(=O)NC(C)(C)C. The van der Waals surface area contributed by atoms with Crippen molar-refractivity contribution in [1.82, 2.24) is 4.72 Å². The van der Waals surface area contributed by atoms with Crippen LogP contribution in [-0.2, 0) is 11.0 Å². The van der Waals surface area contributed by atoms with Crippen molar-refractivity contribution >= 4 is 11.0 Å². The van der Waals surface area contributed by atoms with E-state index in [9.17, 15) is 4.21 Å². The lowest BCUT2D eigenvalue weighted by Crippen LogP contribution is -2.36. The highest BCUT2D eigenvalue weighted by atomic mass is 32.2. The summed E-state index contributed by atoms with van der Waals surface area (Å²) >= 11 is 0. The molecule has 1 N–H and O–H groups in total. The van der Waals surface area contributed by atoms with Gasteiger partial charge in [-0.05, 0) is 20.8 Å². The Morgan fingerprint density at radius 1 is 1.56 bits per heavy atom. The van der Waals surface area contributed by atoms with Crippen molar-refractivity contribution in [2.75, 3.05) is 0 Å². The third-order valence-electron chi connectivity index (χ3n) is 0.558. The average molecular weight is 147 g/mol. The first-order valence-electron chi connectivity index (χ1n) is 2.76. The van der Waals surface area contributed by atoms with Crippen LogP contribution >= 0.6 is 0 Å². The predicted molar refractivity (Wildman–Crippen MR) is 41.2 cm³/mol. The van der Waals surface area contributed by atoms with E-state index >= 15 is 0 Å². The first-order valence-corrected chi connectivity index (χ1v) is 3.98. The smallest absolute Gasteiger partial charge is 0.117 e. The van der Waals surface area contributed by atoms with Gasteiger partial charge in [0, 0.05) is 10.9 Å². The fourth-order valence-electron chi connectivity index (χ4n) is 0.343. The van der Waals surface area contributed by atoms with Gasteiger partial charge in [0.15, 0.2) is 0 Å².